The molecule has 2 aromatic rings. The van der Waals surface area contributed by atoms with Gasteiger partial charge >= 0.3 is 0 Å². The first kappa shape index (κ1) is 18.0. The molecule has 0 unspecified atom stereocenters. The summed E-state index contributed by atoms with van der Waals surface area (Å²) in [5.74, 6) is 1.62. The molecule has 2 aliphatic heterocycles. The molecule has 3 heterocycles. The van der Waals surface area contributed by atoms with Crippen molar-refractivity contribution in [3.63, 3.8) is 0 Å². The average molecular weight is 368 g/mol. The second kappa shape index (κ2) is 7.70. The van der Waals surface area contributed by atoms with Crippen molar-refractivity contribution < 1.29 is 5.11 Å². The number of nitrogens with zero attached hydrogens (tertiary/aromatic N) is 4. The Balaban J connectivity index is 1.47. The molecule has 0 bridgehead atoms. The van der Waals surface area contributed by atoms with Crippen LogP contribution in [0.15, 0.2) is 30.5 Å². The summed E-state index contributed by atoms with van der Waals surface area (Å²) < 4.78 is 0. The Labute approximate surface area is 160 Å². The highest BCUT2D eigenvalue weighted by atomic mass is 16.3. The van der Waals surface area contributed by atoms with Crippen molar-refractivity contribution in [1.29, 1.82) is 0 Å². The largest absolute Gasteiger partial charge is 0.393 e. The van der Waals surface area contributed by atoms with E-state index in [0.29, 0.717) is 12.0 Å². The fourth-order valence-electron chi connectivity index (χ4n) is 3.65. The summed E-state index contributed by atoms with van der Waals surface area (Å²) in [6.07, 6.45) is 3.43. The zero-order valence-corrected chi connectivity index (χ0v) is 16.0. The van der Waals surface area contributed by atoms with Gasteiger partial charge in [-0.2, -0.15) is 4.98 Å². The SMILES string of the molecule is CC(C)N1CNCc2cnc(Nc3ccc(N4CCC(O)CC4)cc3)nc21. The van der Waals surface area contributed by atoms with E-state index in [1.54, 1.807) is 0 Å². The first-order valence-corrected chi connectivity index (χ1v) is 9.73. The van der Waals surface area contributed by atoms with Crippen LogP contribution >= 0.6 is 0 Å². The quantitative estimate of drug-likeness (QED) is 0.765. The van der Waals surface area contributed by atoms with Gasteiger partial charge in [0.25, 0.3) is 0 Å². The van der Waals surface area contributed by atoms with Gasteiger partial charge in [-0.15, -0.1) is 0 Å². The molecular weight excluding hydrogens is 340 g/mol. The van der Waals surface area contributed by atoms with Crippen LogP contribution in [0, 0.1) is 0 Å². The number of hydrogen-bond acceptors (Lipinski definition) is 7. The number of anilines is 4. The smallest absolute Gasteiger partial charge is 0.229 e. The van der Waals surface area contributed by atoms with Crippen molar-refractivity contribution in [3.05, 3.63) is 36.0 Å². The highest BCUT2D eigenvalue weighted by Gasteiger charge is 2.21. The second-order valence-electron chi connectivity index (χ2n) is 7.58. The van der Waals surface area contributed by atoms with Crippen LogP contribution in [0.4, 0.5) is 23.1 Å². The Kier molecular flexibility index (Phi) is 5.13. The third-order valence-electron chi connectivity index (χ3n) is 5.29. The average Bonchev–Trinajstić information content (AvgIpc) is 2.68. The van der Waals surface area contributed by atoms with Crippen molar-refractivity contribution in [2.24, 2.45) is 0 Å². The number of piperidine rings is 1. The molecule has 1 fully saturated rings. The molecule has 27 heavy (non-hydrogen) atoms. The number of aliphatic hydroxyl groups excluding tert-OH is 1. The van der Waals surface area contributed by atoms with Gasteiger partial charge in [0.2, 0.25) is 5.95 Å². The molecule has 4 rings (SSSR count). The summed E-state index contributed by atoms with van der Waals surface area (Å²) in [4.78, 5) is 13.8. The number of benzene rings is 1. The third-order valence-corrected chi connectivity index (χ3v) is 5.29. The zero-order valence-electron chi connectivity index (χ0n) is 16.0. The highest BCUT2D eigenvalue weighted by molar-refractivity contribution is 5.61. The van der Waals surface area contributed by atoms with E-state index >= 15 is 0 Å². The van der Waals surface area contributed by atoms with Crippen LogP contribution in [0.3, 0.4) is 0 Å². The lowest BCUT2D eigenvalue weighted by molar-refractivity contribution is 0.145. The molecule has 0 amide bonds. The Hall–Kier alpha value is -2.38. The molecular formula is C20H28N6O. The maximum Gasteiger partial charge on any atom is 0.229 e. The summed E-state index contributed by atoms with van der Waals surface area (Å²) in [5, 5.41) is 16.4. The Morgan fingerprint density at radius 1 is 1.19 bits per heavy atom. The van der Waals surface area contributed by atoms with E-state index < -0.39 is 0 Å². The van der Waals surface area contributed by atoms with Crippen LogP contribution in [-0.4, -0.2) is 47.0 Å². The number of hydrogen-bond donors (Lipinski definition) is 3. The fourth-order valence-corrected chi connectivity index (χ4v) is 3.65. The van der Waals surface area contributed by atoms with Gasteiger partial charge in [0.15, 0.2) is 0 Å². The van der Waals surface area contributed by atoms with Gasteiger partial charge < -0.3 is 20.2 Å². The molecule has 0 saturated carbocycles. The number of nitrogens with one attached hydrogen (secondary N) is 2. The first-order valence-electron chi connectivity index (χ1n) is 9.73. The lowest BCUT2D eigenvalue weighted by atomic mass is 10.1. The second-order valence-corrected chi connectivity index (χ2v) is 7.58. The predicted octanol–water partition coefficient (Wildman–Crippen LogP) is 2.46. The molecule has 1 aromatic heterocycles. The van der Waals surface area contributed by atoms with Crippen LogP contribution in [0.25, 0.3) is 0 Å². The van der Waals surface area contributed by atoms with Crippen LogP contribution in [-0.2, 0) is 6.54 Å². The van der Waals surface area contributed by atoms with E-state index in [0.717, 1.165) is 56.2 Å². The van der Waals surface area contributed by atoms with Crippen LogP contribution in [0.2, 0.25) is 0 Å². The normalized spacial score (nSPS) is 17.9. The maximum absolute atomic E-state index is 9.66. The predicted molar refractivity (Wildman–Crippen MR) is 109 cm³/mol. The molecule has 0 aliphatic carbocycles. The molecule has 2 aliphatic rings. The van der Waals surface area contributed by atoms with E-state index in [1.807, 2.05) is 6.20 Å². The number of aromatic nitrogens is 2. The van der Waals surface area contributed by atoms with E-state index in [9.17, 15) is 5.11 Å². The zero-order chi connectivity index (χ0) is 18.8. The van der Waals surface area contributed by atoms with Gasteiger partial charge in [-0.05, 0) is 51.0 Å². The van der Waals surface area contributed by atoms with Gasteiger partial charge in [-0.3, -0.25) is 5.32 Å². The van der Waals surface area contributed by atoms with E-state index in [2.05, 4.69) is 63.5 Å². The third kappa shape index (κ3) is 3.99. The molecule has 1 saturated heterocycles. The van der Waals surface area contributed by atoms with Crippen molar-refractivity contribution in [3.8, 4) is 0 Å². The molecule has 3 N–H and O–H groups in total. The molecule has 7 heteroatoms. The Morgan fingerprint density at radius 2 is 1.93 bits per heavy atom. The van der Waals surface area contributed by atoms with E-state index in [1.165, 1.54) is 5.69 Å². The van der Waals surface area contributed by atoms with Gasteiger partial charge in [-0.25, -0.2) is 4.98 Å². The summed E-state index contributed by atoms with van der Waals surface area (Å²) in [7, 11) is 0. The van der Waals surface area contributed by atoms with Crippen molar-refractivity contribution in [2.75, 3.05) is 34.9 Å². The molecule has 0 spiro atoms. The van der Waals surface area contributed by atoms with Crippen molar-refractivity contribution in [1.82, 2.24) is 15.3 Å². The van der Waals surface area contributed by atoms with Gasteiger partial charge in [0, 0.05) is 48.8 Å². The van der Waals surface area contributed by atoms with Crippen molar-refractivity contribution >= 4 is 23.1 Å². The topological polar surface area (TPSA) is 76.5 Å². The standard InChI is InChI=1S/C20H28N6O/c1-14(2)26-13-21-11-15-12-22-20(24-19(15)26)23-16-3-5-17(6-4-16)25-9-7-18(27)8-10-25/h3-6,12,14,18,21,27H,7-11,13H2,1-2H3,(H,22,23,24). The minimum absolute atomic E-state index is 0.149. The van der Waals surface area contributed by atoms with E-state index in [4.69, 9.17) is 4.98 Å². The molecule has 7 nitrogen and oxygen atoms in total. The monoisotopic (exact) mass is 368 g/mol. The maximum atomic E-state index is 9.66. The Bertz CT molecular complexity index is 771. The molecule has 1 aromatic carbocycles. The molecule has 0 atom stereocenters. The number of fused-ring (bicyclic) bond motifs is 1. The fraction of sp³-hybridized carbons (Fsp3) is 0.500. The Morgan fingerprint density at radius 3 is 2.63 bits per heavy atom. The number of rotatable bonds is 4. The van der Waals surface area contributed by atoms with Gasteiger partial charge in [-0.1, -0.05) is 0 Å². The van der Waals surface area contributed by atoms with Crippen molar-refractivity contribution in [2.45, 2.75) is 45.4 Å². The minimum atomic E-state index is -0.149. The summed E-state index contributed by atoms with van der Waals surface area (Å²) in [5.41, 5.74) is 3.29. The molecule has 144 valence electrons. The lowest BCUT2D eigenvalue weighted by Crippen LogP contribution is -2.43. The van der Waals surface area contributed by atoms with Gasteiger partial charge in [0.05, 0.1) is 12.8 Å². The first-order chi connectivity index (χ1) is 13.1. The van der Waals surface area contributed by atoms with Crippen LogP contribution in [0.5, 0.6) is 0 Å². The summed E-state index contributed by atoms with van der Waals surface area (Å²) >= 11 is 0. The molecule has 0 radical (unpaired) electrons. The lowest BCUT2D eigenvalue weighted by Gasteiger charge is -2.33. The minimum Gasteiger partial charge on any atom is -0.393 e. The number of aliphatic hydroxyl groups is 1. The van der Waals surface area contributed by atoms with E-state index in [-0.39, 0.29) is 6.10 Å². The van der Waals surface area contributed by atoms with Gasteiger partial charge in [0.1, 0.15) is 5.82 Å². The van der Waals surface area contributed by atoms with Crippen LogP contribution in [0.1, 0.15) is 32.3 Å². The van der Waals surface area contributed by atoms with Crippen LogP contribution < -0.4 is 20.4 Å². The highest BCUT2D eigenvalue weighted by Crippen LogP contribution is 2.26. The summed E-state index contributed by atoms with van der Waals surface area (Å²) in [6.45, 7) is 7.76. The summed E-state index contributed by atoms with van der Waals surface area (Å²) in [6, 6.07) is 8.73.